The van der Waals surface area contributed by atoms with Crippen molar-refractivity contribution in [3.8, 4) is 0 Å². The topological polar surface area (TPSA) is 129 Å². The first-order valence-electron chi connectivity index (χ1n) is 9.20. The number of carbonyl (C=O) groups is 1. The molecule has 0 bridgehead atoms. The van der Waals surface area contributed by atoms with E-state index in [2.05, 4.69) is 15.4 Å². The minimum Gasteiger partial charge on any atom is -0.366 e. The number of nitrogens with one attached hydrogen (secondary N) is 1. The molecule has 0 spiro atoms. The van der Waals surface area contributed by atoms with Gasteiger partial charge in [0.2, 0.25) is 17.0 Å². The van der Waals surface area contributed by atoms with Crippen molar-refractivity contribution in [2.24, 2.45) is 5.73 Å². The van der Waals surface area contributed by atoms with E-state index in [0.717, 1.165) is 5.56 Å². The van der Waals surface area contributed by atoms with Crippen LogP contribution in [0.25, 0.3) is 0 Å². The molecule has 0 saturated heterocycles. The Hall–Kier alpha value is -3.37. The number of primary amides is 1. The molecule has 1 aromatic heterocycles. The summed E-state index contributed by atoms with van der Waals surface area (Å²) in [7, 11) is 0. The second kappa shape index (κ2) is 8.40. The number of nitro benzene ring substituents is 1. The van der Waals surface area contributed by atoms with E-state index < -0.39 is 16.9 Å². The summed E-state index contributed by atoms with van der Waals surface area (Å²) in [6.45, 7) is 1.73. The summed E-state index contributed by atoms with van der Waals surface area (Å²) in [5.41, 5.74) is 8.06. The summed E-state index contributed by atoms with van der Waals surface area (Å²) in [5.74, 6) is 0.410. The highest BCUT2D eigenvalue weighted by Crippen LogP contribution is 2.37. The normalized spacial score (nSPS) is 15.4. The van der Waals surface area contributed by atoms with Crippen LogP contribution in [-0.4, -0.2) is 25.6 Å². The summed E-state index contributed by atoms with van der Waals surface area (Å²) in [4.78, 5) is 27.3. The molecule has 158 valence electrons. The number of aromatic nitrogens is 3. The van der Waals surface area contributed by atoms with E-state index in [9.17, 15) is 14.9 Å². The molecule has 11 heteroatoms. The van der Waals surface area contributed by atoms with Gasteiger partial charge in [0, 0.05) is 28.6 Å². The predicted octanol–water partition coefficient (Wildman–Crippen LogP) is 3.91. The molecule has 1 atom stereocenters. The third-order valence-electron chi connectivity index (χ3n) is 4.83. The number of carbonyl (C=O) groups excluding carboxylic acids is 1. The van der Waals surface area contributed by atoms with Gasteiger partial charge in [0.25, 0.3) is 5.69 Å². The summed E-state index contributed by atoms with van der Waals surface area (Å²) in [6.07, 6.45) is 0. The van der Waals surface area contributed by atoms with Gasteiger partial charge in [-0.25, -0.2) is 4.68 Å². The van der Waals surface area contributed by atoms with Gasteiger partial charge in [-0.2, -0.15) is 4.98 Å². The maximum atomic E-state index is 12.2. The highest BCUT2D eigenvalue weighted by Gasteiger charge is 2.33. The fraction of sp³-hybridized carbons (Fsp3) is 0.150. The van der Waals surface area contributed by atoms with Crippen molar-refractivity contribution < 1.29 is 9.72 Å². The smallest absolute Gasteiger partial charge is 0.269 e. The lowest BCUT2D eigenvalue weighted by Crippen LogP contribution is -2.31. The van der Waals surface area contributed by atoms with Gasteiger partial charge in [-0.15, -0.1) is 5.10 Å². The van der Waals surface area contributed by atoms with Gasteiger partial charge in [-0.1, -0.05) is 41.6 Å². The number of anilines is 1. The lowest BCUT2D eigenvalue weighted by molar-refractivity contribution is -0.384. The molecule has 1 aliphatic rings. The molecule has 0 aliphatic carbocycles. The second-order valence-corrected chi connectivity index (χ2v) is 8.17. The van der Waals surface area contributed by atoms with Crippen molar-refractivity contribution in [1.29, 1.82) is 0 Å². The van der Waals surface area contributed by atoms with Crippen LogP contribution in [0.2, 0.25) is 5.02 Å². The fourth-order valence-electron chi connectivity index (χ4n) is 3.36. The van der Waals surface area contributed by atoms with Crippen LogP contribution >= 0.6 is 23.4 Å². The van der Waals surface area contributed by atoms with Crippen LogP contribution in [-0.2, 0) is 10.5 Å². The monoisotopic (exact) mass is 456 g/mol. The molecule has 0 unspecified atom stereocenters. The van der Waals surface area contributed by atoms with Gasteiger partial charge in [-0.3, -0.25) is 14.9 Å². The zero-order valence-corrected chi connectivity index (χ0v) is 17.9. The number of benzene rings is 2. The van der Waals surface area contributed by atoms with E-state index in [4.69, 9.17) is 17.3 Å². The summed E-state index contributed by atoms with van der Waals surface area (Å²) < 4.78 is 1.57. The van der Waals surface area contributed by atoms with Crippen LogP contribution < -0.4 is 11.1 Å². The minimum absolute atomic E-state index is 0.0474. The van der Waals surface area contributed by atoms with Crippen LogP contribution in [0.5, 0.6) is 0 Å². The van der Waals surface area contributed by atoms with Gasteiger partial charge in [0.15, 0.2) is 0 Å². The van der Waals surface area contributed by atoms with E-state index >= 15 is 0 Å². The summed E-state index contributed by atoms with van der Waals surface area (Å²) in [5, 5.41) is 19.8. The first-order chi connectivity index (χ1) is 14.8. The molecule has 1 aliphatic heterocycles. The Balaban J connectivity index is 1.69. The van der Waals surface area contributed by atoms with E-state index in [1.54, 1.807) is 23.7 Å². The van der Waals surface area contributed by atoms with Crippen molar-refractivity contribution in [2.45, 2.75) is 23.9 Å². The first-order valence-corrected chi connectivity index (χ1v) is 10.6. The zero-order chi connectivity index (χ0) is 22.1. The number of rotatable bonds is 6. The van der Waals surface area contributed by atoms with Crippen LogP contribution in [0, 0.1) is 10.1 Å². The molecular formula is C20H17ClN6O3S. The van der Waals surface area contributed by atoms with Crippen molar-refractivity contribution in [1.82, 2.24) is 14.8 Å². The van der Waals surface area contributed by atoms with Crippen LogP contribution in [0.1, 0.15) is 24.1 Å². The van der Waals surface area contributed by atoms with Gasteiger partial charge < -0.3 is 11.1 Å². The maximum absolute atomic E-state index is 12.2. The zero-order valence-electron chi connectivity index (χ0n) is 16.3. The number of thioether (sulfide) groups is 1. The molecule has 0 radical (unpaired) electrons. The van der Waals surface area contributed by atoms with E-state index in [0.29, 0.717) is 38.7 Å². The SMILES string of the molecule is CC1=C(C(N)=O)[C@@H](c2ccc([N+](=O)[O-])cc2)n2nc(SCc3ccccc3Cl)nc2N1. The average molecular weight is 457 g/mol. The highest BCUT2D eigenvalue weighted by molar-refractivity contribution is 7.98. The number of non-ortho nitro benzene ring substituents is 1. The fourth-order valence-corrected chi connectivity index (χ4v) is 4.47. The van der Waals surface area contributed by atoms with Gasteiger partial charge in [-0.05, 0) is 36.2 Å². The Morgan fingerprint density at radius 2 is 2.00 bits per heavy atom. The van der Waals surface area contributed by atoms with Crippen LogP contribution in [0.3, 0.4) is 0 Å². The standard InChI is InChI=1S/C20H17ClN6O3S/c1-11-16(18(22)28)17(12-6-8-14(9-7-12)27(29)30)26-19(23-11)24-20(25-26)31-10-13-4-2-3-5-15(13)21/h2-9,17H,10H2,1H3,(H2,22,28)(H,23,24,25)/t17-/m1/s1. The Kier molecular flexibility index (Phi) is 5.66. The van der Waals surface area contributed by atoms with Gasteiger partial charge in [0.1, 0.15) is 6.04 Å². The predicted molar refractivity (Wildman–Crippen MR) is 118 cm³/mol. The maximum Gasteiger partial charge on any atom is 0.269 e. The number of nitrogens with two attached hydrogens (primary N) is 1. The minimum atomic E-state index is -0.656. The molecule has 0 saturated carbocycles. The summed E-state index contributed by atoms with van der Waals surface area (Å²) in [6, 6.07) is 12.8. The van der Waals surface area contributed by atoms with E-state index in [1.807, 2.05) is 24.3 Å². The largest absolute Gasteiger partial charge is 0.366 e. The Morgan fingerprint density at radius 3 is 2.65 bits per heavy atom. The Bertz CT molecular complexity index is 1210. The number of allylic oxidation sites excluding steroid dienone is 1. The number of fused-ring (bicyclic) bond motifs is 1. The average Bonchev–Trinajstić information content (AvgIpc) is 3.14. The first kappa shape index (κ1) is 20.9. The van der Waals surface area contributed by atoms with Crippen molar-refractivity contribution in [2.75, 3.05) is 5.32 Å². The highest BCUT2D eigenvalue weighted by atomic mass is 35.5. The third-order valence-corrected chi connectivity index (χ3v) is 6.09. The number of hydrogen-bond donors (Lipinski definition) is 2. The number of nitro groups is 1. The van der Waals surface area contributed by atoms with E-state index in [1.165, 1.54) is 23.9 Å². The third kappa shape index (κ3) is 4.12. The lowest BCUT2D eigenvalue weighted by Gasteiger charge is -2.27. The van der Waals surface area contributed by atoms with Crippen molar-refractivity contribution in [3.63, 3.8) is 0 Å². The van der Waals surface area contributed by atoms with Crippen LogP contribution in [0.15, 0.2) is 65.0 Å². The molecule has 2 aromatic carbocycles. The molecule has 31 heavy (non-hydrogen) atoms. The molecular weight excluding hydrogens is 440 g/mol. The second-order valence-electron chi connectivity index (χ2n) is 6.82. The number of hydrogen-bond acceptors (Lipinski definition) is 7. The molecule has 2 heterocycles. The van der Waals surface area contributed by atoms with Gasteiger partial charge >= 0.3 is 0 Å². The quantitative estimate of drug-likeness (QED) is 0.327. The number of amides is 1. The van der Waals surface area contributed by atoms with Crippen molar-refractivity contribution in [3.05, 3.63) is 86.1 Å². The molecule has 4 rings (SSSR count). The molecule has 3 N–H and O–H groups in total. The lowest BCUT2D eigenvalue weighted by atomic mass is 9.95. The Morgan fingerprint density at radius 1 is 1.29 bits per heavy atom. The molecule has 1 amide bonds. The Labute approximate surface area is 186 Å². The molecule has 0 fully saturated rings. The number of nitrogens with zero attached hydrogens (tertiary/aromatic N) is 4. The van der Waals surface area contributed by atoms with E-state index in [-0.39, 0.29) is 5.69 Å². The van der Waals surface area contributed by atoms with Gasteiger partial charge in [0.05, 0.1) is 10.5 Å². The molecule has 3 aromatic rings. The molecule has 9 nitrogen and oxygen atoms in total. The number of halogens is 1. The van der Waals surface area contributed by atoms with Crippen molar-refractivity contribution >= 4 is 40.9 Å². The summed E-state index contributed by atoms with van der Waals surface area (Å²) >= 11 is 7.63. The van der Waals surface area contributed by atoms with Crippen LogP contribution in [0.4, 0.5) is 11.6 Å².